The van der Waals surface area contributed by atoms with E-state index in [1.165, 1.54) is 17.7 Å². The second kappa shape index (κ2) is 8.98. The van der Waals surface area contributed by atoms with Crippen LogP contribution in [0, 0.1) is 5.92 Å². The van der Waals surface area contributed by atoms with Crippen LogP contribution in [-0.4, -0.2) is 27.5 Å². The van der Waals surface area contributed by atoms with Crippen LogP contribution >= 0.6 is 0 Å². The van der Waals surface area contributed by atoms with Gasteiger partial charge in [0.1, 0.15) is 11.4 Å². The highest BCUT2D eigenvalue weighted by Gasteiger charge is 2.22. The van der Waals surface area contributed by atoms with Crippen molar-refractivity contribution in [1.82, 2.24) is 9.13 Å². The number of anilines is 1. The molecule has 28 heavy (non-hydrogen) atoms. The van der Waals surface area contributed by atoms with Gasteiger partial charge >= 0.3 is 11.7 Å². The molecule has 0 saturated carbocycles. The number of ether oxygens (including phenoxy) is 1. The molecule has 0 aliphatic rings. The van der Waals surface area contributed by atoms with E-state index in [0.717, 1.165) is 10.1 Å². The summed E-state index contributed by atoms with van der Waals surface area (Å²) < 4.78 is 6.91. The minimum absolute atomic E-state index is 0.0707. The number of carbonyl (C=O) groups is 2. The van der Waals surface area contributed by atoms with Gasteiger partial charge in [0, 0.05) is 19.7 Å². The molecule has 2 N–H and O–H groups in total. The number of esters is 1. The number of rotatable bonds is 7. The molecule has 2 aromatic rings. The van der Waals surface area contributed by atoms with Gasteiger partial charge in [0.05, 0.1) is 0 Å². The first-order chi connectivity index (χ1) is 13.2. The first-order valence-corrected chi connectivity index (χ1v) is 8.74. The average Bonchev–Trinajstić information content (AvgIpc) is 2.67. The highest BCUT2D eigenvalue weighted by atomic mass is 16.5. The second-order valence-corrected chi connectivity index (χ2v) is 6.69. The molecule has 0 unspecified atom stereocenters. The Labute approximate surface area is 161 Å². The van der Waals surface area contributed by atoms with Gasteiger partial charge in [-0.3, -0.25) is 18.7 Å². The summed E-state index contributed by atoms with van der Waals surface area (Å²) in [5, 5.41) is 0. The zero-order chi connectivity index (χ0) is 20.8. The Hall–Kier alpha value is -3.42. The molecule has 0 fully saturated rings. The quantitative estimate of drug-likeness (QED) is 0.436. The Bertz CT molecular complexity index is 1020. The summed E-state index contributed by atoms with van der Waals surface area (Å²) in [7, 11) is 1.27. The van der Waals surface area contributed by atoms with Crippen LogP contribution < -0.4 is 17.0 Å². The molecule has 1 heterocycles. The molecule has 0 bridgehead atoms. The third-order valence-corrected chi connectivity index (χ3v) is 3.97. The zero-order valence-corrected chi connectivity index (χ0v) is 16.0. The molecule has 0 aliphatic carbocycles. The van der Waals surface area contributed by atoms with E-state index in [1.54, 1.807) is 18.2 Å². The summed E-state index contributed by atoms with van der Waals surface area (Å²) in [5.41, 5.74) is 4.94. The predicted molar refractivity (Wildman–Crippen MR) is 106 cm³/mol. The molecule has 0 atom stereocenters. The van der Waals surface area contributed by atoms with Gasteiger partial charge in [0.15, 0.2) is 6.61 Å². The van der Waals surface area contributed by atoms with Crippen LogP contribution in [0.3, 0.4) is 0 Å². The van der Waals surface area contributed by atoms with E-state index in [1.807, 2.05) is 32.0 Å². The van der Waals surface area contributed by atoms with Gasteiger partial charge in [-0.25, -0.2) is 9.59 Å². The summed E-state index contributed by atoms with van der Waals surface area (Å²) in [6.07, 6.45) is 2.73. The first-order valence-electron chi connectivity index (χ1n) is 8.74. The molecule has 0 radical (unpaired) electrons. The fourth-order valence-electron chi connectivity index (χ4n) is 2.57. The molecule has 0 aliphatic heterocycles. The lowest BCUT2D eigenvalue weighted by Gasteiger charge is -2.16. The minimum Gasteiger partial charge on any atom is -0.454 e. The van der Waals surface area contributed by atoms with Crippen molar-refractivity contribution >= 4 is 23.6 Å². The van der Waals surface area contributed by atoms with Crippen molar-refractivity contribution in [2.24, 2.45) is 13.0 Å². The lowest BCUT2D eigenvalue weighted by atomic mass is 10.1. The van der Waals surface area contributed by atoms with Gasteiger partial charge in [0.2, 0.25) is 5.78 Å². The molecule has 0 amide bonds. The molecule has 148 valence electrons. The standard InChI is InChI=1S/C20H23N3O5/c1-13(2)11-23-18(21)17(19(26)22(3)20(23)27)15(24)12-28-16(25)10-9-14-7-5-4-6-8-14/h4-10,13H,11-12,21H2,1-3H3/b10-9+. The van der Waals surface area contributed by atoms with E-state index in [2.05, 4.69) is 0 Å². The van der Waals surface area contributed by atoms with Crippen LogP contribution in [0.2, 0.25) is 0 Å². The fourth-order valence-corrected chi connectivity index (χ4v) is 2.57. The molecule has 8 nitrogen and oxygen atoms in total. The maximum Gasteiger partial charge on any atom is 0.332 e. The zero-order valence-electron chi connectivity index (χ0n) is 16.0. The van der Waals surface area contributed by atoms with Crippen molar-refractivity contribution < 1.29 is 14.3 Å². The average molecular weight is 385 g/mol. The number of aromatic nitrogens is 2. The van der Waals surface area contributed by atoms with Gasteiger partial charge in [0.25, 0.3) is 5.56 Å². The maximum atomic E-state index is 12.5. The number of hydrogen-bond donors (Lipinski definition) is 1. The number of carbonyl (C=O) groups excluding carboxylic acids is 2. The monoisotopic (exact) mass is 385 g/mol. The van der Waals surface area contributed by atoms with Crippen molar-refractivity contribution in [2.75, 3.05) is 12.3 Å². The van der Waals surface area contributed by atoms with Crippen molar-refractivity contribution in [2.45, 2.75) is 20.4 Å². The van der Waals surface area contributed by atoms with E-state index in [9.17, 15) is 19.2 Å². The van der Waals surface area contributed by atoms with Crippen molar-refractivity contribution in [1.29, 1.82) is 0 Å². The van der Waals surface area contributed by atoms with Gasteiger partial charge in [-0.05, 0) is 17.6 Å². The summed E-state index contributed by atoms with van der Waals surface area (Å²) in [6, 6.07) is 9.09. The third kappa shape index (κ3) is 4.85. The Morgan fingerprint density at radius 3 is 2.43 bits per heavy atom. The number of ketones is 1. The summed E-state index contributed by atoms with van der Waals surface area (Å²) in [5.74, 6) is -1.65. The minimum atomic E-state index is -0.816. The third-order valence-electron chi connectivity index (χ3n) is 3.97. The smallest absolute Gasteiger partial charge is 0.332 e. The SMILES string of the molecule is CC(C)Cn1c(N)c(C(=O)COC(=O)/C=C/c2ccccc2)c(=O)n(C)c1=O. The Kier molecular flexibility index (Phi) is 6.70. The highest BCUT2D eigenvalue weighted by molar-refractivity contribution is 6.01. The van der Waals surface area contributed by atoms with Crippen LogP contribution in [0.5, 0.6) is 0 Å². The van der Waals surface area contributed by atoms with Crippen molar-refractivity contribution in [3.63, 3.8) is 0 Å². The van der Waals surface area contributed by atoms with E-state index < -0.39 is 29.6 Å². The largest absolute Gasteiger partial charge is 0.454 e. The van der Waals surface area contributed by atoms with Gasteiger partial charge in [-0.2, -0.15) is 0 Å². The van der Waals surface area contributed by atoms with Gasteiger partial charge < -0.3 is 10.5 Å². The molecular weight excluding hydrogens is 362 g/mol. The predicted octanol–water partition coefficient (Wildman–Crippen LogP) is 1.22. The maximum absolute atomic E-state index is 12.5. The van der Waals surface area contributed by atoms with Crippen LogP contribution in [0.4, 0.5) is 5.82 Å². The molecule has 0 spiro atoms. The summed E-state index contributed by atoms with van der Waals surface area (Å²) in [6.45, 7) is 3.34. The van der Waals surface area contributed by atoms with Gasteiger partial charge in [-0.15, -0.1) is 0 Å². The van der Waals surface area contributed by atoms with Crippen LogP contribution in [0.15, 0.2) is 46.0 Å². The lowest BCUT2D eigenvalue weighted by molar-refractivity contribution is -0.136. The number of nitrogens with zero attached hydrogens (tertiary/aromatic N) is 2. The topological polar surface area (TPSA) is 113 Å². The van der Waals surface area contributed by atoms with Crippen molar-refractivity contribution in [3.8, 4) is 0 Å². The first kappa shape index (κ1) is 20.9. The summed E-state index contributed by atoms with van der Waals surface area (Å²) >= 11 is 0. The number of nitrogen functional groups attached to an aromatic ring is 1. The van der Waals surface area contributed by atoms with E-state index in [0.29, 0.717) is 0 Å². The molecule has 2 rings (SSSR count). The van der Waals surface area contributed by atoms with Crippen LogP contribution in [0.25, 0.3) is 6.08 Å². The van der Waals surface area contributed by atoms with Crippen LogP contribution in [0.1, 0.15) is 29.8 Å². The number of hydrogen-bond acceptors (Lipinski definition) is 6. The molecular formula is C20H23N3O5. The Morgan fingerprint density at radius 2 is 1.82 bits per heavy atom. The highest BCUT2D eigenvalue weighted by Crippen LogP contribution is 2.09. The number of Topliss-reactive ketones (excluding diaryl/α,β-unsaturated/α-hetero) is 1. The van der Waals surface area contributed by atoms with E-state index in [-0.39, 0.29) is 23.8 Å². The molecule has 1 aromatic heterocycles. The summed E-state index contributed by atoms with van der Waals surface area (Å²) in [4.78, 5) is 48.9. The number of nitrogens with two attached hydrogens (primary N) is 1. The Morgan fingerprint density at radius 1 is 1.18 bits per heavy atom. The molecule has 0 saturated heterocycles. The van der Waals surface area contributed by atoms with Gasteiger partial charge in [-0.1, -0.05) is 44.2 Å². The molecule has 1 aromatic carbocycles. The van der Waals surface area contributed by atoms with Crippen molar-refractivity contribution in [3.05, 3.63) is 68.4 Å². The fraction of sp³-hybridized carbons (Fsp3) is 0.300. The van der Waals surface area contributed by atoms with E-state index in [4.69, 9.17) is 10.5 Å². The van der Waals surface area contributed by atoms with Crippen LogP contribution in [-0.2, 0) is 23.1 Å². The normalized spacial score (nSPS) is 11.1. The molecule has 8 heteroatoms. The lowest BCUT2D eigenvalue weighted by Crippen LogP contribution is -2.43. The number of benzene rings is 1. The van der Waals surface area contributed by atoms with E-state index >= 15 is 0 Å². The Balaban J connectivity index is 2.19. The second-order valence-electron chi connectivity index (χ2n) is 6.69.